The first kappa shape index (κ1) is 28.2. The second-order valence-corrected chi connectivity index (χ2v) is 12.9. The number of H-pyrrole nitrogens is 2. The number of nitrogens with one attached hydrogen (secondary N) is 5. The van der Waals surface area contributed by atoms with Crippen molar-refractivity contribution in [3.63, 3.8) is 0 Å². The topological polar surface area (TPSA) is 184 Å². The highest BCUT2D eigenvalue weighted by molar-refractivity contribution is 9.13. The Morgan fingerprint density at radius 2 is 1.82 bits per heavy atom. The number of nitrogen functional groups attached to an aromatic ring is 1. The Hall–Kier alpha value is -2.30. The van der Waals surface area contributed by atoms with E-state index in [-0.39, 0.29) is 35.6 Å². The van der Waals surface area contributed by atoms with Crippen molar-refractivity contribution in [3.05, 3.63) is 53.1 Å². The van der Waals surface area contributed by atoms with Gasteiger partial charge in [0.05, 0.1) is 36.4 Å². The van der Waals surface area contributed by atoms with Gasteiger partial charge in [-0.25, -0.2) is 4.98 Å². The maximum atomic E-state index is 13.2. The molecule has 4 atom stereocenters. The summed E-state index contributed by atoms with van der Waals surface area (Å²) >= 11 is 13.7. The maximum Gasteiger partial charge on any atom is 0.267 e. The van der Waals surface area contributed by atoms with Crippen molar-refractivity contribution in [2.75, 3.05) is 25.4 Å². The molecule has 2 aliphatic rings. The van der Waals surface area contributed by atoms with Crippen molar-refractivity contribution in [1.82, 2.24) is 35.5 Å². The third-order valence-electron chi connectivity index (χ3n) is 7.25. The van der Waals surface area contributed by atoms with Crippen molar-refractivity contribution in [3.8, 4) is 0 Å². The minimum Gasteiger partial charge on any atom is -0.370 e. The van der Waals surface area contributed by atoms with Crippen molar-refractivity contribution in [2.24, 2.45) is 29.6 Å². The van der Waals surface area contributed by atoms with Crippen molar-refractivity contribution >= 4 is 87.4 Å². The van der Waals surface area contributed by atoms with E-state index in [1.807, 2.05) is 7.05 Å². The summed E-state index contributed by atoms with van der Waals surface area (Å²) in [4.78, 5) is 41.3. The van der Waals surface area contributed by atoms with Crippen LogP contribution in [0, 0.1) is 11.8 Å². The molecule has 3 aromatic heterocycles. The zero-order valence-corrected chi connectivity index (χ0v) is 27.0. The van der Waals surface area contributed by atoms with Gasteiger partial charge in [-0.3, -0.25) is 14.6 Å². The molecule has 0 radical (unpaired) electrons. The molecule has 0 spiro atoms. The van der Waals surface area contributed by atoms with E-state index in [0.29, 0.717) is 54.0 Å². The number of fused-ring (bicyclic) bond motifs is 1. The zero-order valence-electron chi connectivity index (χ0n) is 20.6. The van der Waals surface area contributed by atoms with Crippen LogP contribution in [0.4, 0.5) is 5.95 Å². The molecule has 1 aliphatic heterocycles. The minimum atomic E-state index is -0.244. The van der Waals surface area contributed by atoms with Crippen LogP contribution in [0.1, 0.15) is 38.3 Å². The SMILES string of the molecule is Cn1c(C(=O)NC[C@H]2Cc3nc(N)[nH]c3[C@@H](C3CN=C(N)N3)[C@@H]2CNC(=O)c2cc(Br)c(Br)[nH]2)cc(Br)c1Br. The average Bonchev–Trinajstić information content (AvgIpc) is 3.64. The number of aliphatic imine (C=N–C) groups is 1. The number of carbonyl (C=O) groups excluding carboxylic acids is 2. The summed E-state index contributed by atoms with van der Waals surface area (Å²) in [6.07, 6.45) is 0.573. The zero-order chi connectivity index (χ0) is 28.0. The molecule has 0 aromatic carbocycles. The number of aromatic amines is 2. The van der Waals surface area contributed by atoms with E-state index in [0.717, 1.165) is 24.9 Å². The summed E-state index contributed by atoms with van der Waals surface area (Å²) in [5, 5.41) is 9.44. The molecule has 2 amide bonds. The van der Waals surface area contributed by atoms with Crippen LogP contribution in [0.3, 0.4) is 0 Å². The highest BCUT2D eigenvalue weighted by Gasteiger charge is 2.44. The Bertz CT molecular complexity index is 1440. The molecule has 9 N–H and O–H groups in total. The van der Waals surface area contributed by atoms with Gasteiger partial charge in [-0.2, -0.15) is 0 Å². The number of hydrogen-bond acceptors (Lipinski definition) is 7. The van der Waals surface area contributed by atoms with Gasteiger partial charge >= 0.3 is 0 Å². The Kier molecular flexibility index (Phi) is 8.18. The first-order valence-electron chi connectivity index (χ1n) is 12.0. The van der Waals surface area contributed by atoms with Crippen LogP contribution in [0.2, 0.25) is 0 Å². The predicted octanol–water partition coefficient (Wildman–Crippen LogP) is 2.73. The Labute approximate surface area is 257 Å². The van der Waals surface area contributed by atoms with E-state index < -0.39 is 0 Å². The van der Waals surface area contributed by atoms with E-state index in [1.54, 1.807) is 16.7 Å². The molecule has 4 heterocycles. The summed E-state index contributed by atoms with van der Waals surface area (Å²) in [7, 11) is 1.81. The van der Waals surface area contributed by atoms with E-state index >= 15 is 0 Å². The van der Waals surface area contributed by atoms with Crippen LogP contribution < -0.4 is 27.4 Å². The van der Waals surface area contributed by atoms with Crippen LogP contribution in [0.5, 0.6) is 0 Å². The molecule has 0 bridgehead atoms. The molecule has 0 saturated carbocycles. The number of halogens is 4. The summed E-state index contributed by atoms with van der Waals surface area (Å²) in [5.74, 6) is -0.0702. The van der Waals surface area contributed by atoms with Gasteiger partial charge in [-0.15, -0.1) is 0 Å². The second kappa shape index (κ2) is 11.3. The monoisotopic (exact) mass is 790 g/mol. The number of nitrogens with two attached hydrogens (primary N) is 2. The van der Waals surface area contributed by atoms with Gasteiger partial charge in [0, 0.05) is 31.7 Å². The first-order chi connectivity index (χ1) is 18.5. The highest BCUT2D eigenvalue weighted by Crippen LogP contribution is 2.41. The predicted molar refractivity (Wildman–Crippen MR) is 162 cm³/mol. The Balaban J connectivity index is 1.41. The van der Waals surface area contributed by atoms with Gasteiger partial charge in [0.15, 0.2) is 11.9 Å². The fourth-order valence-corrected chi connectivity index (χ4v) is 6.83. The van der Waals surface area contributed by atoms with E-state index in [1.165, 1.54) is 0 Å². The fraction of sp³-hybridized carbons (Fsp3) is 0.391. The van der Waals surface area contributed by atoms with Crippen LogP contribution in [-0.4, -0.2) is 63.0 Å². The maximum absolute atomic E-state index is 13.2. The van der Waals surface area contributed by atoms with Crippen molar-refractivity contribution < 1.29 is 9.59 Å². The molecule has 1 unspecified atom stereocenters. The Morgan fingerprint density at radius 1 is 1.08 bits per heavy atom. The first-order valence-corrected chi connectivity index (χ1v) is 15.2. The number of carbonyl (C=O) groups is 2. The normalized spacial score (nSPS) is 22.2. The second-order valence-electron chi connectivity index (χ2n) is 9.61. The standard InChI is InChI=1S/C23H26Br4N10O2/c1-37-15(4-11(25)19(37)27)21(39)30-5-8-2-12-17(36-23(29)34-12)16(14-7-32-22(28)35-14)9(8)6-31-20(38)13-3-10(24)18(26)33-13/h3-4,8-9,14,16,33H,2,5-7H2,1H3,(H,30,39)(H,31,38)(H3,28,32,35)(H3,29,34,36)/t8-,9-,14?,16-/m1/s1. The molecule has 208 valence electrons. The summed E-state index contributed by atoms with van der Waals surface area (Å²) < 4.78 is 4.77. The van der Waals surface area contributed by atoms with Crippen LogP contribution in [0.15, 0.2) is 35.3 Å². The number of imidazole rings is 1. The molecule has 1 aliphatic carbocycles. The number of rotatable bonds is 7. The molecule has 16 heteroatoms. The average molecular weight is 794 g/mol. The summed E-state index contributed by atoms with van der Waals surface area (Å²) in [6.45, 7) is 1.18. The van der Waals surface area contributed by atoms with Gasteiger partial charge < -0.3 is 42.0 Å². The molecule has 0 saturated heterocycles. The van der Waals surface area contributed by atoms with Gasteiger partial charge in [0.2, 0.25) is 0 Å². The number of aromatic nitrogens is 4. The lowest BCUT2D eigenvalue weighted by atomic mass is 9.69. The molecule has 5 rings (SSSR count). The van der Waals surface area contributed by atoms with Crippen LogP contribution >= 0.6 is 63.7 Å². The molecular weight excluding hydrogens is 768 g/mol. The number of nitrogens with zero attached hydrogens (tertiary/aromatic N) is 3. The third-order valence-corrected chi connectivity index (χ3v) is 11.1. The number of amides is 2. The summed E-state index contributed by atoms with van der Waals surface area (Å²) in [6, 6.07) is 3.35. The quantitative estimate of drug-likeness (QED) is 0.193. The largest absolute Gasteiger partial charge is 0.370 e. The minimum absolute atomic E-state index is 0.0626. The van der Waals surface area contributed by atoms with Gasteiger partial charge in [-0.1, -0.05) is 0 Å². The van der Waals surface area contributed by atoms with Gasteiger partial charge in [0.25, 0.3) is 11.8 Å². The van der Waals surface area contributed by atoms with E-state index in [4.69, 9.17) is 11.5 Å². The van der Waals surface area contributed by atoms with Crippen LogP contribution in [0.25, 0.3) is 0 Å². The van der Waals surface area contributed by atoms with E-state index in [9.17, 15) is 9.59 Å². The van der Waals surface area contributed by atoms with Crippen molar-refractivity contribution in [2.45, 2.75) is 18.4 Å². The third kappa shape index (κ3) is 5.65. The van der Waals surface area contributed by atoms with E-state index in [2.05, 4.69) is 99.6 Å². The summed E-state index contributed by atoms with van der Waals surface area (Å²) in [5.41, 5.74) is 14.7. The molecule has 12 nitrogen and oxygen atoms in total. The lowest BCUT2D eigenvalue weighted by Gasteiger charge is -2.40. The van der Waals surface area contributed by atoms with Gasteiger partial charge in [0.1, 0.15) is 11.4 Å². The smallest absolute Gasteiger partial charge is 0.267 e. The number of hydrogen-bond donors (Lipinski definition) is 7. The van der Waals surface area contributed by atoms with Crippen LogP contribution in [-0.2, 0) is 13.5 Å². The highest BCUT2D eigenvalue weighted by atomic mass is 79.9. The molecular formula is C23H26Br4N10O2. The fourth-order valence-electron chi connectivity index (χ4n) is 5.39. The number of guanidine groups is 1. The van der Waals surface area contributed by atoms with Crippen molar-refractivity contribution in [1.29, 1.82) is 0 Å². The number of anilines is 1. The lowest BCUT2D eigenvalue weighted by Crippen LogP contribution is -2.50. The molecule has 39 heavy (non-hydrogen) atoms. The lowest BCUT2D eigenvalue weighted by molar-refractivity contribution is 0.0896. The Morgan fingerprint density at radius 3 is 2.44 bits per heavy atom. The van der Waals surface area contributed by atoms with Gasteiger partial charge in [-0.05, 0) is 94.1 Å². The molecule has 3 aromatic rings. The molecule has 0 fully saturated rings.